The third-order valence-corrected chi connectivity index (χ3v) is 3.92. The molecule has 0 aliphatic carbocycles. The van der Waals surface area contributed by atoms with Gasteiger partial charge < -0.3 is 14.4 Å². The average molecular weight is 310 g/mol. The van der Waals surface area contributed by atoms with Crippen molar-refractivity contribution in [2.75, 3.05) is 6.61 Å². The highest BCUT2D eigenvalue weighted by Gasteiger charge is 2.19. The van der Waals surface area contributed by atoms with Gasteiger partial charge in [0, 0.05) is 11.6 Å². The van der Waals surface area contributed by atoms with Crippen LogP contribution in [0.15, 0.2) is 48.8 Å². The van der Waals surface area contributed by atoms with E-state index in [2.05, 4.69) is 24.0 Å². The standard InChI is InChI=1S/C18H18N2O3/c1-3-23-18(22)16-17(21)14-9-10-20(15(14)11-19-16)12(2)13-7-5-4-6-8-13/h4-12,21H,3H2,1-2H3/t12-/m1/s1. The van der Waals surface area contributed by atoms with Crippen molar-refractivity contribution in [3.63, 3.8) is 0 Å². The molecule has 0 bridgehead atoms. The fourth-order valence-corrected chi connectivity index (χ4v) is 2.69. The summed E-state index contributed by atoms with van der Waals surface area (Å²) in [7, 11) is 0. The number of carbonyl (C=O) groups is 1. The second kappa shape index (κ2) is 6.12. The quantitative estimate of drug-likeness (QED) is 0.749. The highest BCUT2D eigenvalue weighted by Crippen LogP contribution is 2.31. The summed E-state index contributed by atoms with van der Waals surface area (Å²) in [5.74, 6) is -0.754. The third kappa shape index (κ3) is 2.65. The smallest absolute Gasteiger partial charge is 0.360 e. The van der Waals surface area contributed by atoms with Crippen LogP contribution in [-0.2, 0) is 4.74 Å². The summed E-state index contributed by atoms with van der Waals surface area (Å²) in [6.45, 7) is 4.03. The van der Waals surface area contributed by atoms with E-state index in [1.54, 1.807) is 19.2 Å². The van der Waals surface area contributed by atoms with Crippen molar-refractivity contribution in [3.8, 4) is 5.75 Å². The van der Waals surface area contributed by atoms with Crippen LogP contribution in [-0.4, -0.2) is 27.2 Å². The number of hydrogen-bond acceptors (Lipinski definition) is 4. The molecule has 2 heterocycles. The Morgan fingerprint density at radius 3 is 2.74 bits per heavy atom. The van der Waals surface area contributed by atoms with Crippen molar-refractivity contribution < 1.29 is 14.6 Å². The van der Waals surface area contributed by atoms with Crippen molar-refractivity contribution in [2.24, 2.45) is 0 Å². The predicted molar refractivity (Wildman–Crippen MR) is 87.6 cm³/mol. The number of aromatic nitrogens is 2. The molecule has 0 radical (unpaired) electrons. The molecule has 0 saturated carbocycles. The Labute approximate surface area is 134 Å². The normalized spacial score (nSPS) is 12.3. The van der Waals surface area contributed by atoms with Crippen LogP contribution in [0.1, 0.15) is 35.9 Å². The van der Waals surface area contributed by atoms with E-state index in [1.807, 2.05) is 29.0 Å². The van der Waals surface area contributed by atoms with Gasteiger partial charge in [-0.3, -0.25) is 0 Å². The SMILES string of the molecule is CCOC(=O)c1ncc2c(ccn2[C@H](C)c2ccccc2)c1O. The number of pyridine rings is 1. The first-order valence-corrected chi connectivity index (χ1v) is 7.54. The van der Waals surface area contributed by atoms with E-state index >= 15 is 0 Å². The van der Waals surface area contributed by atoms with Gasteiger partial charge in [-0.25, -0.2) is 9.78 Å². The number of aromatic hydroxyl groups is 1. The van der Waals surface area contributed by atoms with Gasteiger partial charge in [-0.1, -0.05) is 30.3 Å². The van der Waals surface area contributed by atoms with Gasteiger partial charge in [0.25, 0.3) is 0 Å². The van der Waals surface area contributed by atoms with Gasteiger partial charge in [0.2, 0.25) is 0 Å². The predicted octanol–water partition coefficient (Wildman–Crippen LogP) is 3.53. The molecule has 0 spiro atoms. The molecule has 0 saturated heterocycles. The fraction of sp³-hybridized carbons (Fsp3) is 0.222. The van der Waals surface area contributed by atoms with Crippen molar-refractivity contribution in [1.29, 1.82) is 0 Å². The van der Waals surface area contributed by atoms with E-state index < -0.39 is 5.97 Å². The summed E-state index contributed by atoms with van der Waals surface area (Å²) in [5.41, 5.74) is 1.87. The van der Waals surface area contributed by atoms with Gasteiger partial charge in [-0.2, -0.15) is 0 Å². The third-order valence-electron chi connectivity index (χ3n) is 3.92. The maximum absolute atomic E-state index is 11.8. The topological polar surface area (TPSA) is 64.3 Å². The Kier molecular flexibility index (Phi) is 4.02. The van der Waals surface area contributed by atoms with Gasteiger partial charge in [-0.15, -0.1) is 0 Å². The lowest BCUT2D eigenvalue weighted by molar-refractivity contribution is 0.0516. The van der Waals surface area contributed by atoms with Crippen molar-refractivity contribution in [1.82, 2.24) is 9.55 Å². The van der Waals surface area contributed by atoms with Crippen LogP contribution in [0.2, 0.25) is 0 Å². The van der Waals surface area contributed by atoms with Crippen LogP contribution >= 0.6 is 0 Å². The van der Waals surface area contributed by atoms with Crippen molar-refractivity contribution >= 4 is 16.9 Å². The maximum atomic E-state index is 11.8. The number of rotatable bonds is 4. The Bertz CT molecular complexity index is 840. The molecule has 0 fully saturated rings. The second-order valence-corrected chi connectivity index (χ2v) is 5.28. The molecule has 2 aromatic heterocycles. The van der Waals surface area contributed by atoms with Gasteiger partial charge in [0.1, 0.15) is 0 Å². The lowest BCUT2D eigenvalue weighted by Gasteiger charge is -2.16. The van der Waals surface area contributed by atoms with Crippen LogP contribution in [0.25, 0.3) is 10.9 Å². The average Bonchev–Trinajstić information content (AvgIpc) is 3.00. The summed E-state index contributed by atoms with van der Waals surface area (Å²) in [4.78, 5) is 15.9. The summed E-state index contributed by atoms with van der Waals surface area (Å²) in [6, 6.07) is 11.9. The molecule has 5 heteroatoms. The van der Waals surface area contributed by atoms with Crippen LogP contribution < -0.4 is 0 Å². The van der Waals surface area contributed by atoms with E-state index in [0.29, 0.717) is 5.39 Å². The summed E-state index contributed by atoms with van der Waals surface area (Å²) in [6.07, 6.45) is 3.49. The molecule has 1 atom stereocenters. The van der Waals surface area contributed by atoms with E-state index in [-0.39, 0.29) is 24.1 Å². The lowest BCUT2D eigenvalue weighted by atomic mass is 10.1. The Balaban J connectivity index is 2.05. The molecule has 1 aromatic carbocycles. The van der Waals surface area contributed by atoms with Gasteiger partial charge in [-0.05, 0) is 25.5 Å². The number of fused-ring (bicyclic) bond motifs is 1. The van der Waals surface area contributed by atoms with E-state index in [0.717, 1.165) is 11.1 Å². The number of hydrogen-bond donors (Lipinski definition) is 1. The zero-order chi connectivity index (χ0) is 16.4. The minimum atomic E-state index is -0.615. The van der Waals surface area contributed by atoms with E-state index in [4.69, 9.17) is 4.74 Å². The molecular weight excluding hydrogens is 292 g/mol. The number of carbonyl (C=O) groups excluding carboxylic acids is 1. The Morgan fingerprint density at radius 1 is 1.30 bits per heavy atom. The zero-order valence-corrected chi connectivity index (χ0v) is 13.1. The van der Waals surface area contributed by atoms with Crippen LogP contribution in [0.5, 0.6) is 5.75 Å². The second-order valence-electron chi connectivity index (χ2n) is 5.28. The minimum absolute atomic E-state index is 0.0514. The Hall–Kier alpha value is -2.82. The number of benzene rings is 1. The minimum Gasteiger partial charge on any atom is -0.505 e. The molecule has 3 aromatic rings. The molecule has 0 aliphatic rings. The number of ether oxygens (including phenoxy) is 1. The van der Waals surface area contributed by atoms with Crippen molar-refractivity contribution in [3.05, 3.63) is 60.0 Å². The number of nitrogens with zero attached hydrogens (tertiary/aromatic N) is 2. The highest BCUT2D eigenvalue weighted by atomic mass is 16.5. The zero-order valence-electron chi connectivity index (χ0n) is 13.1. The first-order chi connectivity index (χ1) is 11.1. The van der Waals surface area contributed by atoms with Gasteiger partial charge >= 0.3 is 5.97 Å². The maximum Gasteiger partial charge on any atom is 0.360 e. The molecule has 5 nitrogen and oxygen atoms in total. The first-order valence-electron chi connectivity index (χ1n) is 7.54. The highest BCUT2D eigenvalue weighted by molar-refractivity contribution is 5.98. The van der Waals surface area contributed by atoms with E-state index in [9.17, 15) is 9.90 Å². The van der Waals surface area contributed by atoms with Crippen LogP contribution in [0.3, 0.4) is 0 Å². The van der Waals surface area contributed by atoms with Crippen molar-refractivity contribution in [2.45, 2.75) is 19.9 Å². The van der Waals surface area contributed by atoms with E-state index in [1.165, 1.54) is 0 Å². The fourth-order valence-electron chi connectivity index (χ4n) is 2.69. The molecule has 23 heavy (non-hydrogen) atoms. The van der Waals surface area contributed by atoms with Crippen LogP contribution in [0, 0.1) is 0 Å². The molecule has 0 aliphatic heterocycles. The van der Waals surface area contributed by atoms with Gasteiger partial charge in [0.15, 0.2) is 11.4 Å². The summed E-state index contributed by atoms with van der Waals surface area (Å²) in [5, 5.41) is 10.9. The largest absolute Gasteiger partial charge is 0.505 e. The molecule has 118 valence electrons. The van der Waals surface area contributed by atoms with Crippen LogP contribution in [0.4, 0.5) is 0 Å². The molecule has 0 amide bonds. The summed E-state index contributed by atoms with van der Waals surface area (Å²) < 4.78 is 6.93. The Morgan fingerprint density at radius 2 is 2.04 bits per heavy atom. The number of esters is 1. The summed E-state index contributed by atoms with van der Waals surface area (Å²) >= 11 is 0. The van der Waals surface area contributed by atoms with Gasteiger partial charge in [0.05, 0.1) is 24.4 Å². The monoisotopic (exact) mass is 310 g/mol. The molecule has 3 rings (SSSR count). The first kappa shape index (κ1) is 15.1. The molecular formula is C18H18N2O3. The molecule has 0 unspecified atom stereocenters. The molecule has 1 N–H and O–H groups in total. The lowest BCUT2D eigenvalue weighted by Crippen LogP contribution is -2.08.